The van der Waals surface area contributed by atoms with Crippen LogP contribution in [0.1, 0.15) is 44.5 Å². The van der Waals surface area contributed by atoms with Gasteiger partial charge in [0.2, 0.25) is 0 Å². The second-order valence-electron chi connectivity index (χ2n) is 4.94. The van der Waals surface area contributed by atoms with Crippen LogP contribution in [0.4, 0.5) is 0 Å². The number of alkyl halides is 1. The summed E-state index contributed by atoms with van der Waals surface area (Å²) in [4.78, 5) is 0.163. The summed E-state index contributed by atoms with van der Waals surface area (Å²) >= 11 is 16.3. The molecular formula is C14H19BrCl2O. The minimum Gasteiger partial charge on any atom is -0.492 e. The summed E-state index contributed by atoms with van der Waals surface area (Å²) in [5.41, 5.74) is 1.12. The molecule has 0 radical (unpaired) electrons. The molecule has 0 aliphatic rings. The molecule has 0 aliphatic carbocycles. The molecule has 0 fully saturated rings. The zero-order valence-corrected chi connectivity index (χ0v) is 14.3. The number of rotatable bonds is 5. The smallest absolute Gasteiger partial charge is 0.139 e. The lowest BCUT2D eigenvalue weighted by Crippen LogP contribution is -2.17. The van der Waals surface area contributed by atoms with Crippen molar-refractivity contribution in [3.63, 3.8) is 0 Å². The first-order valence-electron chi connectivity index (χ1n) is 6.09. The van der Waals surface area contributed by atoms with Crippen LogP contribution in [0.15, 0.2) is 12.1 Å². The largest absolute Gasteiger partial charge is 0.492 e. The predicted molar refractivity (Wildman–Crippen MR) is 83.4 cm³/mol. The lowest BCUT2D eigenvalue weighted by molar-refractivity contribution is 0.337. The third-order valence-electron chi connectivity index (χ3n) is 3.22. The number of ether oxygens (including phenoxy) is 1. The van der Waals surface area contributed by atoms with Crippen molar-refractivity contribution in [2.45, 2.75) is 38.9 Å². The highest BCUT2D eigenvalue weighted by Crippen LogP contribution is 2.47. The van der Waals surface area contributed by atoms with Gasteiger partial charge in [-0.3, -0.25) is 0 Å². The summed E-state index contributed by atoms with van der Waals surface area (Å²) in [6.07, 6.45) is 1.05. The van der Waals surface area contributed by atoms with Gasteiger partial charge in [-0.05, 0) is 30.4 Å². The van der Waals surface area contributed by atoms with Gasteiger partial charge in [-0.25, -0.2) is 0 Å². The first-order valence-corrected chi connectivity index (χ1v) is 7.76. The molecule has 0 aromatic heterocycles. The highest BCUT2D eigenvalue weighted by Gasteiger charge is 2.29. The molecule has 0 saturated carbocycles. The highest BCUT2D eigenvalue weighted by atomic mass is 79.9. The number of hydrogen-bond donors (Lipinski definition) is 0. The molecule has 0 heterocycles. The van der Waals surface area contributed by atoms with E-state index in [1.54, 1.807) is 6.07 Å². The van der Waals surface area contributed by atoms with E-state index in [1.165, 1.54) is 0 Å². The molecule has 1 aromatic rings. The van der Waals surface area contributed by atoms with Crippen molar-refractivity contribution in [3.05, 3.63) is 27.7 Å². The first-order chi connectivity index (χ1) is 8.33. The second-order valence-corrected chi connectivity index (χ2v) is 6.67. The monoisotopic (exact) mass is 352 g/mol. The van der Waals surface area contributed by atoms with Gasteiger partial charge in [-0.1, -0.05) is 59.9 Å². The summed E-state index contributed by atoms with van der Waals surface area (Å²) in [6, 6.07) is 3.69. The Hall–Kier alpha value is 0.0800. The molecule has 1 atom stereocenters. The second kappa shape index (κ2) is 6.49. The fourth-order valence-corrected chi connectivity index (χ4v) is 2.93. The molecule has 0 N–H and O–H groups in total. The van der Waals surface area contributed by atoms with Gasteiger partial charge in [0.1, 0.15) is 5.75 Å². The Labute approximate surface area is 128 Å². The molecule has 0 aliphatic heterocycles. The summed E-state index contributed by atoms with van der Waals surface area (Å²) in [6.45, 7) is 9.07. The lowest BCUT2D eigenvalue weighted by atomic mass is 9.83. The van der Waals surface area contributed by atoms with Crippen molar-refractivity contribution >= 4 is 39.1 Å². The molecular weight excluding hydrogens is 335 g/mol. The van der Waals surface area contributed by atoms with E-state index in [9.17, 15) is 0 Å². The Morgan fingerprint density at radius 1 is 1.22 bits per heavy atom. The van der Waals surface area contributed by atoms with Gasteiger partial charge in [0.25, 0.3) is 0 Å². The Bertz CT molecular complexity index is 419. The zero-order valence-electron chi connectivity index (χ0n) is 11.2. The van der Waals surface area contributed by atoms with Crippen molar-refractivity contribution in [1.82, 2.24) is 0 Å². The predicted octanol–water partition coefficient (Wildman–Crippen LogP) is 6.26. The number of benzene rings is 1. The molecule has 0 amide bonds. The minimum atomic E-state index is 0.111. The SMILES string of the molecule is CCOc1cc(Cl)c(C(Br)C(C)(C)CC)cc1Cl. The average Bonchev–Trinajstić information content (AvgIpc) is 2.32. The third-order valence-corrected chi connectivity index (χ3v) is 5.58. The Kier molecular flexibility index (Phi) is 5.82. The summed E-state index contributed by atoms with van der Waals surface area (Å²) in [5, 5.41) is 1.29. The van der Waals surface area contributed by atoms with Crippen LogP contribution in [0.25, 0.3) is 0 Å². The van der Waals surface area contributed by atoms with E-state index in [1.807, 2.05) is 13.0 Å². The normalized spacial score (nSPS) is 13.5. The maximum atomic E-state index is 6.33. The topological polar surface area (TPSA) is 9.23 Å². The van der Waals surface area contributed by atoms with Crippen molar-refractivity contribution in [1.29, 1.82) is 0 Å². The maximum Gasteiger partial charge on any atom is 0.139 e. The fraction of sp³-hybridized carbons (Fsp3) is 0.571. The lowest BCUT2D eigenvalue weighted by Gasteiger charge is -2.30. The van der Waals surface area contributed by atoms with E-state index in [4.69, 9.17) is 27.9 Å². The molecule has 1 unspecified atom stereocenters. The molecule has 18 heavy (non-hydrogen) atoms. The Morgan fingerprint density at radius 3 is 2.33 bits per heavy atom. The Morgan fingerprint density at radius 2 is 1.83 bits per heavy atom. The van der Waals surface area contributed by atoms with Crippen molar-refractivity contribution in [3.8, 4) is 5.75 Å². The van der Waals surface area contributed by atoms with Gasteiger partial charge in [-0.2, -0.15) is 0 Å². The maximum absolute atomic E-state index is 6.33. The summed E-state index contributed by atoms with van der Waals surface area (Å²) in [7, 11) is 0. The van der Waals surface area contributed by atoms with Crippen molar-refractivity contribution < 1.29 is 4.74 Å². The standard InChI is InChI=1S/C14H19BrCl2O/c1-5-14(3,4)13(15)9-7-11(17)12(18-6-2)8-10(9)16/h7-8,13H,5-6H2,1-4H3. The molecule has 0 bridgehead atoms. The number of halogens is 3. The highest BCUT2D eigenvalue weighted by molar-refractivity contribution is 9.09. The van der Waals surface area contributed by atoms with Gasteiger partial charge in [-0.15, -0.1) is 0 Å². The van der Waals surface area contributed by atoms with Gasteiger partial charge in [0.15, 0.2) is 0 Å². The molecule has 1 rings (SSSR count). The molecule has 102 valence electrons. The van der Waals surface area contributed by atoms with Crippen molar-refractivity contribution in [2.24, 2.45) is 5.41 Å². The fourth-order valence-electron chi connectivity index (χ4n) is 1.60. The van der Waals surface area contributed by atoms with Crippen LogP contribution in [0.5, 0.6) is 5.75 Å². The van der Waals surface area contributed by atoms with Crippen LogP contribution in [0.2, 0.25) is 10.0 Å². The molecule has 1 nitrogen and oxygen atoms in total. The van der Waals surface area contributed by atoms with Gasteiger partial charge >= 0.3 is 0 Å². The van der Waals surface area contributed by atoms with E-state index in [0.717, 1.165) is 12.0 Å². The summed E-state index contributed by atoms with van der Waals surface area (Å²) in [5.74, 6) is 0.641. The molecule has 4 heteroatoms. The molecule has 0 saturated heterocycles. The van der Waals surface area contributed by atoms with Crippen LogP contribution in [-0.4, -0.2) is 6.61 Å². The average molecular weight is 354 g/mol. The van der Waals surface area contributed by atoms with Gasteiger partial charge in [0.05, 0.1) is 11.6 Å². The summed E-state index contributed by atoms with van der Waals surface area (Å²) < 4.78 is 5.43. The van der Waals surface area contributed by atoms with Crippen LogP contribution in [-0.2, 0) is 0 Å². The van der Waals surface area contributed by atoms with E-state index < -0.39 is 0 Å². The quantitative estimate of drug-likeness (QED) is 0.567. The van der Waals surface area contributed by atoms with Crippen molar-refractivity contribution in [2.75, 3.05) is 6.61 Å². The van der Waals surface area contributed by atoms with Crippen LogP contribution < -0.4 is 4.74 Å². The van der Waals surface area contributed by atoms with Gasteiger partial charge < -0.3 is 4.74 Å². The molecule has 1 aromatic carbocycles. The third kappa shape index (κ3) is 3.55. The van der Waals surface area contributed by atoms with E-state index in [-0.39, 0.29) is 10.2 Å². The van der Waals surface area contributed by atoms with Crippen LogP contribution >= 0.6 is 39.1 Å². The van der Waals surface area contributed by atoms with Gasteiger partial charge in [0, 0.05) is 15.9 Å². The number of hydrogen-bond acceptors (Lipinski definition) is 1. The van der Waals surface area contributed by atoms with E-state index in [2.05, 4.69) is 36.7 Å². The van der Waals surface area contributed by atoms with E-state index >= 15 is 0 Å². The minimum absolute atomic E-state index is 0.111. The molecule has 0 spiro atoms. The zero-order chi connectivity index (χ0) is 13.9. The van der Waals surface area contributed by atoms with Crippen LogP contribution in [0.3, 0.4) is 0 Å². The van der Waals surface area contributed by atoms with E-state index in [0.29, 0.717) is 22.4 Å². The first kappa shape index (κ1) is 16.1. The Balaban J connectivity index is 3.15. The van der Waals surface area contributed by atoms with Crippen LogP contribution in [0, 0.1) is 5.41 Å².